The molecule has 2 nitrogen and oxygen atoms in total. The molecule has 1 aliphatic heterocycles. The maximum Gasteiger partial charge on any atom is 0.104 e. The molecule has 116 valence electrons. The molecule has 0 fully saturated rings. The van der Waals surface area contributed by atoms with Gasteiger partial charge in [0.1, 0.15) is 5.00 Å². The zero-order valence-corrected chi connectivity index (χ0v) is 13.9. The fraction of sp³-hybridized carbons (Fsp3) is 0.300. The Labute approximate surface area is 140 Å². The average Bonchev–Trinajstić information content (AvgIpc) is 3.18. The number of hydrogen-bond acceptors (Lipinski definition) is 2. The molecule has 3 aromatic rings. The number of hydrogen-bond donors (Lipinski definition) is 1. The van der Waals surface area contributed by atoms with Crippen LogP contribution in [0.3, 0.4) is 0 Å². The van der Waals surface area contributed by atoms with E-state index >= 15 is 0 Å². The number of benzene rings is 1. The van der Waals surface area contributed by atoms with Crippen LogP contribution in [0.25, 0.3) is 5.00 Å². The van der Waals surface area contributed by atoms with E-state index in [1.54, 1.807) is 16.0 Å². The molecule has 3 heterocycles. The Morgan fingerprint density at radius 3 is 2.74 bits per heavy atom. The lowest BCUT2D eigenvalue weighted by molar-refractivity contribution is 0.595. The van der Waals surface area contributed by atoms with Crippen LogP contribution in [-0.2, 0) is 19.4 Å². The fourth-order valence-corrected chi connectivity index (χ4v) is 5.46. The lowest BCUT2D eigenvalue weighted by Gasteiger charge is -2.18. The van der Waals surface area contributed by atoms with Crippen molar-refractivity contribution in [1.29, 1.82) is 0 Å². The summed E-state index contributed by atoms with van der Waals surface area (Å²) in [6.07, 6.45) is 7.46. The summed E-state index contributed by atoms with van der Waals surface area (Å²) >= 11 is 2.02. The molecule has 0 spiro atoms. The van der Waals surface area contributed by atoms with Gasteiger partial charge in [0.15, 0.2) is 0 Å². The van der Waals surface area contributed by atoms with E-state index in [-0.39, 0.29) is 6.04 Å². The van der Waals surface area contributed by atoms with Gasteiger partial charge >= 0.3 is 0 Å². The summed E-state index contributed by atoms with van der Waals surface area (Å²) in [6, 6.07) is 15.5. The van der Waals surface area contributed by atoms with Crippen molar-refractivity contribution in [1.82, 2.24) is 9.88 Å². The van der Waals surface area contributed by atoms with Crippen molar-refractivity contribution in [3.63, 3.8) is 0 Å². The van der Waals surface area contributed by atoms with E-state index < -0.39 is 0 Å². The SMILES string of the molecule is c1ccc([C@@H]2NCc3c(sc4c3CCCC4)-n3cccc32)cc1. The zero-order chi connectivity index (χ0) is 15.2. The molecule has 1 atom stereocenters. The van der Waals surface area contributed by atoms with Crippen LogP contribution in [0.15, 0.2) is 48.7 Å². The molecule has 2 aliphatic rings. The van der Waals surface area contributed by atoms with E-state index in [0.29, 0.717) is 0 Å². The van der Waals surface area contributed by atoms with Crippen LogP contribution < -0.4 is 5.32 Å². The predicted octanol–water partition coefficient (Wildman–Crippen LogP) is 4.61. The van der Waals surface area contributed by atoms with Crippen molar-refractivity contribution < 1.29 is 0 Å². The first-order valence-electron chi connectivity index (χ1n) is 8.51. The first kappa shape index (κ1) is 13.6. The monoisotopic (exact) mass is 320 g/mol. The van der Waals surface area contributed by atoms with Crippen molar-refractivity contribution in [2.24, 2.45) is 0 Å². The van der Waals surface area contributed by atoms with E-state index in [1.165, 1.54) is 41.9 Å². The van der Waals surface area contributed by atoms with Gasteiger partial charge in [0.05, 0.1) is 6.04 Å². The maximum atomic E-state index is 3.82. The molecule has 0 saturated heterocycles. The average molecular weight is 320 g/mol. The van der Waals surface area contributed by atoms with Crippen LogP contribution in [-0.4, -0.2) is 4.57 Å². The van der Waals surface area contributed by atoms with Gasteiger partial charge in [-0.05, 0) is 48.9 Å². The molecule has 0 bridgehead atoms. The Bertz CT molecular complexity index is 844. The minimum Gasteiger partial charge on any atom is -0.310 e. The highest BCUT2D eigenvalue weighted by molar-refractivity contribution is 7.15. The molecule has 1 N–H and O–H groups in total. The summed E-state index contributed by atoms with van der Waals surface area (Å²) in [4.78, 5) is 1.63. The fourth-order valence-electron chi connectivity index (χ4n) is 4.05. The van der Waals surface area contributed by atoms with Gasteiger partial charge in [0, 0.05) is 28.9 Å². The number of thiophene rings is 1. The molecule has 1 aromatic carbocycles. The molecule has 1 aliphatic carbocycles. The van der Waals surface area contributed by atoms with E-state index in [4.69, 9.17) is 0 Å². The zero-order valence-electron chi connectivity index (χ0n) is 13.1. The van der Waals surface area contributed by atoms with Crippen molar-refractivity contribution in [3.05, 3.63) is 75.9 Å². The van der Waals surface area contributed by atoms with Gasteiger partial charge in [-0.15, -0.1) is 11.3 Å². The first-order chi connectivity index (χ1) is 11.4. The van der Waals surface area contributed by atoms with Crippen molar-refractivity contribution in [2.45, 2.75) is 38.3 Å². The van der Waals surface area contributed by atoms with Crippen LogP contribution in [0.4, 0.5) is 0 Å². The van der Waals surface area contributed by atoms with E-state index in [2.05, 4.69) is 58.5 Å². The van der Waals surface area contributed by atoms with E-state index in [1.807, 2.05) is 11.3 Å². The summed E-state index contributed by atoms with van der Waals surface area (Å²) in [5.74, 6) is 0. The second-order valence-corrected chi connectivity index (χ2v) is 7.61. The summed E-state index contributed by atoms with van der Waals surface area (Å²) in [5.41, 5.74) is 5.88. The lowest BCUT2D eigenvalue weighted by atomic mass is 9.95. The molecular weight excluding hydrogens is 300 g/mol. The molecule has 0 amide bonds. The lowest BCUT2D eigenvalue weighted by Crippen LogP contribution is -2.21. The van der Waals surface area contributed by atoms with Crippen LogP contribution in [0.1, 0.15) is 46.1 Å². The molecule has 3 heteroatoms. The molecular formula is C20H20N2S. The smallest absolute Gasteiger partial charge is 0.104 e. The largest absolute Gasteiger partial charge is 0.310 e. The topological polar surface area (TPSA) is 17.0 Å². The quantitative estimate of drug-likeness (QED) is 0.693. The number of aryl methyl sites for hydroxylation is 1. The summed E-state index contributed by atoms with van der Waals surface area (Å²) < 4.78 is 2.43. The van der Waals surface area contributed by atoms with Gasteiger partial charge < -0.3 is 9.88 Å². The number of nitrogens with one attached hydrogen (secondary N) is 1. The van der Waals surface area contributed by atoms with Crippen molar-refractivity contribution in [3.8, 4) is 5.00 Å². The summed E-state index contributed by atoms with van der Waals surface area (Å²) in [5, 5.41) is 5.27. The van der Waals surface area contributed by atoms with Crippen LogP contribution in [0, 0.1) is 0 Å². The summed E-state index contributed by atoms with van der Waals surface area (Å²) in [6.45, 7) is 0.975. The van der Waals surface area contributed by atoms with Crippen LogP contribution >= 0.6 is 11.3 Å². The number of fused-ring (bicyclic) bond motifs is 5. The van der Waals surface area contributed by atoms with Gasteiger partial charge in [-0.1, -0.05) is 30.3 Å². The normalized spacial score (nSPS) is 19.6. The highest BCUT2D eigenvalue weighted by atomic mass is 32.1. The number of aromatic nitrogens is 1. The highest BCUT2D eigenvalue weighted by Gasteiger charge is 2.28. The Balaban J connectivity index is 1.67. The van der Waals surface area contributed by atoms with Gasteiger partial charge in [-0.3, -0.25) is 0 Å². The number of rotatable bonds is 1. The molecule has 23 heavy (non-hydrogen) atoms. The Kier molecular flexibility index (Phi) is 3.17. The third-order valence-electron chi connectivity index (χ3n) is 5.17. The molecule has 0 saturated carbocycles. The maximum absolute atomic E-state index is 3.82. The van der Waals surface area contributed by atoms with Gasteiger partial charge in [-0.25, -0.2) is 0 Å². The standard InChI is InChI=1S/C20H20N2S/c1-2-7-14(8-3-1)19-17-10-6-12-22(17)20-16(13-21-19)15-9-4-5-11-18(15)23-20/h1-3,6-8,10,12,19,21H,4-5,9,11,13H2/t19-/m0/s1. The van der Waals surface area contributed by atoms with Crippen molar-refractivity contribution >= 4 is 11.3 Å². The molecule has 5 rings (SSSR count). The first-order valence-corrected chi connectivity index (χ1v) is 9.33. The second kappa shape index (κ2) is 5.36. The third kappa shape index (κ3) is 2.11. The van der Waals surface area contributed by atoms with Gasteiger partial charge in [0.2, 0.25) is 0 Å². The molecule has 2 aromatic heterocycles. The molecule has 0 radical (unpaired) electrons. The molecule has 0 unspecified atom stereocenters. The Hall–Kier alpha value is -1.84. The third-order valence-corrected chi connectivity index (χ3v) is 6.50. The predicted molar refractivity (Wildman–Crippen MR) is 95.4 cm³/mol. The van der Waals surface area contributed by atoms with Crippen molar-refractivity contribution in [2.75, 3.05) is 0 Å². The highest BCUT2D eigenvalue weighted by Crippen LogP contribution is 2.40. The van der Waals surface area contributed by atoms with Crippen LogP contribution in [0.2, 0.25) is 0 Å². The Morgan fingerprint density at radius 2 is 1.83 bits per heavy atom. The minimum absolute atomic E-state index is 0.269. The van der Waals surface area contributed by atoms with E-state index in [0.717, 1.165) is 6.54 Å². The van der Waals surface area contributed by atoms with Crippen LogP contribution in [0.5, 0.6) is 0 Å². The second-order valence-electron chi connectivity index (χ2n) is 6.52. The van der Waals surface area contributed by atoms with E-state index in [9.17, 15) is 0 Å². The van der Waals surface area contributed by atoms with Gasteiger partial charge in [-0.2, -0.15) is 0 Å². The Morgan fingerprint density at radius 1 is 0.957 bits per heavy atom. The summed E-state index contributed by atoms with van der Waals surface area (Å²) in [7, 11) is 0. The van der Waals surface area contributed by atoms with Gasteiger partial charge in [0.25, 0.3) is 0 Å². The minimum atomic E-state index is 0.269. The number of nitrogens with zero attached hydrogens (tertiary/aromatic N) is 1.